The van der Waals surface area contributed by atoms with Crippen molar-refractivity contribution < 1.29 is 44.6 Å². The van der Waals surface area contributed by atoms with E-state index in [9.17, 15) is 15.0 Å². The molecule has 0 amide bonds. The van der Waals surface area contributed by atoms with Gasteiger partial charge in [-0.25, -0.2) is 4.98 Å². The second-order valence-electron chi connectivity index (χ2n) is 11.8. The molecule has 7 heteroatoms. The monoisotopic (exact) mass is 609 g/mol. The summed E-state index contributed by atoms with van der Waals surface area (Å²) in [6.45, 7) is 7.59. The molecule has 4 nitrogen and oxygen atoms in total. The van der Waals surface area contributed by atoms with E-state index in [-0.39, 0.29) is 46.6 Å². The SMILES string of the molecule is CC(C)(CC[C@H](SCc1ccccc1C(C)(C)O)c1cccc(/C=C/c2ccc3ccc(Cl)cc3n2)c1)CC(=O)[O-].[Na+]. The first-order valence-electron chi connectivity index (χ1n) is 13.9. The van der Waals surface area contributed by atoms with Crippen LogP contribution >= 0.6 is 23.4 Å². The van der Waals surface area contributed by atoms with Crippen LogP contribution in [0.15, 0.2) is 78.9 Å². The summed E-state index contributed by atoms with van der Waals surface area (Å²) in [4.78, 5) is 16.1. The zero-order valence-corrected chi connectivity index (χ0v) is 28.6. The molecule has 0 aliphatic heterocycles. The van der Waals surface area contributed by atoms with Crippen molar-refractivity contribution in [2.45, 2.75) is 63.6 Å². The molecular formula is C35H37ClNNaO3S. The molecule has 0 bridgehead atoms. The van der Waals surface area contributed by atoms with Crippen LogP contribution in [0.25, 0.3) is 23.1 Å². The summed E-state index contributed by atoms with van der Waals surface area (Å²) in [5.41, 5.74) is 4.67. The fourth-order valence-corrected chi connectivity index (χ4v) is 6.45. The third kappa shape index (κ3) is 9.97. The molecule has 0 saturated heterocycles. The molecule has 214 valence electrons. The van der Waals surface area contributed by atoms with E-state index in [4.69, 9.17) is 16.6 Å². The Morgan fingerprint density at radius 1 is 1.00 bits per heavy atom. The van der Waals surface area contributed by atoms with Crippen LogP contribution in [-0.4, -0.2) is 16.1 Å². The minimum atomic E-state index is -1.02. The Morgan fingerprint density at radius 3 is 2.48 bits per heavy atom. The van der Waals surface area contributed by atoms with Crippen molar-refractivity contribution in [2.75, 3.05) is 0 Å². The van der Waals surface area contributed by atoms with Crippen LogP contribution < -0.4 is 34.7 Å². The van der Waals surface area contributed by atoms with Crippen LogP contribution in [-0.2, 0) is 16.1 Å². The first kappa shape index (κ1) is 34.4. The maximum atomic E-state index is 11.3. The van der Waals surface area contributed by atoms with E-state index in [1.165, 1.54) is 5.56 Å². The molecule has 1 aromatic heterocycles. The number of hydrogen-bond acceptors (Lipinski definition) is 5. The van der Waals surface area contributed by atoms with E-state index in [2.05, 4.69) is 36.4 Å². The fourth-order valence-electron chi connectivity index (χ4n) is 5.02. The molecule has 1 N–H and O–H groups in total. The van der Waals surface area contributed by atoms with Gasteiger partial charge < -0.3 is 15.0 Å². The Balaban J connectivity index is 0.00000484. The molecule has 3 aromatic carbocycles. The predicted octanol–water partition coefficient (Wildman–Crippen LogP) is 5.21. The number of pyridine rings is 1. The summed E-state index contributed by atoms with van der Waals surface area (Å²) in [5.74, 6) is -0.287. The number of benzene rings is 3. The third-order valence-corrected chi connectivity index (χ3v) is 8.85. The van der Waals surface area contributed by atoms with Crippen LogP contribution in [0.1, 0.15) is 80.2 Å². The number of thioether (sulfide) groups is 1. The first-order chi connectivity index (χ1) is 19.4. The number of carboxylic acids is 1. The number of aliphatic carboxylic acids is 1. The van der Waals surface area contributed by atoms with Crippen molar-refractivity contribution in [1.29, 1.82) is 0 Å². The number of rotatable bonds is 12. The number of hydrogen-bond donors (Lipinski definition) is 1. The molecule has 0 fully saturated rings. The maximum absolute atomic E-state index is 11.3. The second-order valence-corrected chi connectivity index (χ2v) is 13.5. The molecule has 0 saturated carbocycles. The summed E-state index contributed by atoms with van der Waals surface area (Å²) in [6, 6.07) is 26.2. The zero-order chi connectivity index (χ0) is 29.6. The topological polar surface area (TPSA) is 73.2 Å². The van der Waals surface area contributed by atoms with Crippen molar-refractivity contribution in [2.24, 2.45) is 5.41 Å². The Hall–Kier alpha value is -2.12. The summed E-state index contributed by atoms with van der Waals surface area (Å²) in [5, 5.41) is 23.9. The molecule has 0 aliphatic carbocycles. The number of nitrogens with zero attached hydrogens (tertiary/aromatic N) is 1. The molecular weight excluding hydrogens is 573 g/mol. The number of carboxylic acid groups (broad SMARTS) is 1. The van der Waals surface area contributed by atoms with Crippen molar-refractivity contribution >= 4 is 52.4 Å². The van der Waals surface area contributed by atoms with Gasteiger partial charge in [0.05, 0.1) is 16.8 Å². The van der Waals surface area contributed by atoms with E-state index in [1.54, 1.807) is 0 Å². The molecule has 0 spiro atoms. The molecule has 1 atom stereocenters. The van der Waals surface area contributed by atoms with Crippen LogP contribution in [0, 0.1) is 5.41 Å². The first-order valence-corrected chi connectivity index (χ1v) is 15.3. The van der Waals surface area contributed by atoms with Gasteiger partial charge in [-0.05, 0) is 85.1 Å². The number of halogens is 1. The van der Waals surface area contributed by atoms with Gasteiger partial charge in [-0.1, -0.05) is 92.2 Å². The van der Waals surface area contributed by atoms with E-state index in [0.717, 1.165) is 51.9 Å². The van der Waals surface area contributed by atoms with Crippen molar-refractivity contribution in [3.8, 4) is 0 Å². The smallest absolute Gasteiger partial charge is 0.550 e. The largest absolute Gasteiger partial charge is 1.00 e. The van der Waals surface area contributed by atoms with Crippen molar-refractivity contribution in [3.63, 3.8) is 0 Å². The number of carbonyl (C=O) groups excluding carboxylic acids is 1. The number of carbonyl (C=O) groups is 1. The summed E-state index contributed by atoms with van der Waals surface area (Å²) >= 11 is 7.98. The van der Waals surface area contributed by atoms with Gasteiger partial charge in [0, 0.05) is 27.4 Å². The maximum Gasteiger partial charge on any atom is 1.00 e. The molecule has 0 aliphatic rings. The normalized spacial score (nSPS) is 12.8. The van der Waals surface area contributed by atoms with Crippen molar-refractivity contribution in [1.82, 2.24) is 4.98 Å². The molecule has 4 rings (SSSR count). The van der Waals surface area contributed by atoms with Gasteiger partial charge in [0.2, 0.25) is 0 Å². The summed E-state index contributed by atoms with van der Waals surface area (Å²) in [7, 11) is 0. The van der Waals surface area contributed by atoms with Crippen LogP contribution in [0.2, 0.25) is 5.02 Å². The van der Waals surface area contributed by atoms with Crippen LogP contribution in [0.3, 0.4) is 0 Å². The number of fused-ring (bicyclic) bond motifs is 1. The minimum absolute atomic E-state index is 0. The molecule has 42 heavy (non-hydrogen) atoms. The Bertz CT molecular complexity index is 1550. The van der Waals surface area contributed by atoms with Gasteiger partial charge in [0.15, 0.2) is 0 Å². The summed E-state index contributed by atoms with van der Waals surface area (Å²) in [6.07, 6.45) is 5.65. The molecule has 0 unspecified atom stereocenters. The zero-order valence-electron chi connectivity index (χ0n) is 25.1. The quantitative estimate of drug-likeness (QED) is 0.223. The van der Waals surface area contributed by atoms with E-state index >= 15 is 0 Å². The van der Waals surface area contributed by atoms with Gasteiger partial charge in [-0.3, -0.25) is 0 Å². The molecule has 1 heterocycles. The molecule has 0 radical (unpaired) electrons. The van der Waals surface area contributed by atoms with Gasteiger partial charge in [0.25, 0.3) is 0 Å². The minimum Gasteiger partial charge on any atom is -0.550 e. The number of aliphatic hydroxyl groups is 1. The molecule has 4 aromatic rings. The Labute approximate surface area is 280 Å². The second kappa shape index (κ2) is 15.1. The van der Waals surface area contributed by atoms with E-state index < -0.39 is 11.6 Å². The Morgan fingerprint density at radius 2 is 1.74 bits per heavy atom. The van der Waals surface area contributed by atoms with Crippen LogP contribution in [0.4, 0.5) is 0 Å². The standard InChI is InChI=1S/C35H38ClNO3S.Na/c1-34(2,22-33(38)39)19-18-32(41-23-27-9-5-6-11-30(27)35(3,4)40)26-10-7-8-24(20-26)12-16-29-17-14-25-13-15-28(36)21-31(25)37-29;/h5-17,20-21,32,40H,18-19,22-23H2,1-4H3,(H,38,39);/q;+1/p-1/b16-12+;/t32-;/m0./s1. The third-order valence-electron chi connectivity index (χ3n) is 7.23. The van der Waals surface area contributed by atoms with Gasteiger partial charge in [0.1, 0.15) is 0 Å². The van der Waals surface area contributed by atoms with E-state index in [1.807, 2.05) is 94.1 Å². The van der Waals surface area contributed by atoms with E-state index in [0.29, 0.717) is 5.02 Å². The average molecular weight is 610 g/mol. The predicted molar refractivity (Wildman–Crippen MR) is 170 cm³/mol. The van der Waals surface area contributed by atoms with Gasteiger partial charge in [-0.2, -0.15) is 0 Å². The van der Waals surface area contributed by atoms with Crippen LogP contribution in [0.5, 0.6) is 0 Å². The number of aromatic nitrogens is 1. The average Bonchev–Trinajstić information content (AvgIpc) is 2.90. The Kier molecular flexibility index (Phi) is 12.3. The van der Waals surface area contributed by atoms with Crippen molar-refractivity contribution in [3.05, 3.63) is 112 Å². The van der Waals surface area contributed by atoms with Gasteiger partial charge in [-0.15, -0.1) is 11.8 Å². The summed E-state index contributed by atoms with van der Waals surface area (Å²) < 4.78 is 0. The fraction of sp³-hybridized carbons (Fsp3) is 0.314. The van der Waals surface area contributed by atoms with Gasteiger partial charge >= 0.3 is 29.6 Å².